The molecule has 0 aromatic heterocycles. The van der Waals surface area contributed by atoms with E-state index in [0.29, 0.717) is 23.4 Å². The number of nitrogens with one attached hydrogen (secondary N) is 1. The Labute approximate surface area is 122 Å². The first-order valence-corrected chi connectivity index (χ1v) is 7.42. The third kappa shape index (κ3) is 4.43. The molecule has 0 spiro atoms. The van der Waals surface area contributed by atoms with E-state index in [1.807, 2.05) is 6.26 Å². The van der Waals surface area contributed by atoms with E-state index in [9.17, 15) is 9.59 Å². The summed E-state index contributed by atoms with van der Waals surface area (Å²) >= 11 is 1.62. The maximum absolute atomic E-state index is 12.0. The normalized spacial score (nSPS) is 11.8. The summed E-state index contributed by atoms with van der Waals surface area (Å²) in [5.74, 6) is 0.349. The number of primary amides is 1. The van der Waals surface area contributed by atoms with E-state index < -0.39 is 11.9 Å². The van der Waals surface area contributed by atoms with Gasteiger partial charge < -0.3 is 21.5 Å². The predicted molar refractivity (Wildman–Crippen MR) is 81.1 cm³/mol. The number of carbonyl (C=O) groups excluding carboxylic acids is 2. The van der Waals surface area contributed by atoms with Crippen molar-refractivity contribution in [2.24, 2.45) is 11.5 Å². The second-order valence-electron chi connectivity index (χ2n) is 4.16. The summed E-state index contributed by atoms with van der Waals surface area (Å²) in [4.78, 5) is 23.1. The molecule has 0 aliphatic heterocycles. The zero-order valence-corrected chi connectivity index (χ0v) is 12.3. The number of ether oxygens (including phenoxy) is 1. The average molecular weight is 297 g/mol. The van der Waals surface area contributed by atoms with Crippen molar-refractivity contribution in [2.75, 3.05) is 24.4 Å². The van der Waals surface area contributed by atoms with E-state index in [2.05, 4.69) is 5.32 Å². The number of benzene rings is 1. The van der Waals surface area contributed by atoms with E-state index in [1.54, 1.807) is 17.8 Å². The van der Waals surface area contributed by atoms with Gasteiger partial charge in [-0.1, -0.05) is 0 Å². The number of thioether (sulfide) groups is 1. The number of hydrogen-bond donors (Lipinski definition) is 3. The SMILES string of the molecule is COc1ccc(C(N)=O)cc1NC(=O)[C@H](N)CCSC. The van der Waals surface area contributed by atoms with Crippen molar-refractivity contribution in [1.82, 2.24) is 0 Å². The minimum absolute atomic E-state index is 0.291. The Hall–Kier alpha value is -1.73. The first kappa shape index (κ1) is 16.3. The first-order valence-electron chi connectivity index (χ1n) is 6.02. The Morgan fingerprint density at radius 2 is 2.15 bits per heavy atom. The molecular weight excluding hydrogens is 278 g/mol. The molecule has 20 heavy (non-hydrogen) atoms. The number of carbonyl (C=O) groups is 2. The lowest BCUT2D eigenvalue weighted by Crippen LogP contribution is -2.36. The van der Waals surface area contributed by atoms with Crippen molar-refractivity contribution in [3.05, 3.63) is 23.8 Å². The molecule has 1 rings (SSSR count). The maximum atomic E-state index is 12.0. The highest BCUT2D eigenvalue weighted by atomic mass is 32.2. The van der Waals surface area contributed by atoms with Crippen LogP contribution in [0.1, 0.15) is 16.8 Å². The minimum Gasteiger partial charge on any atom is -0.495 e. The van der Waals surface area contributed by atoms with Crippen molar-refractivity contribution >= 4 is 29.3 Å². The van der Waals surface area contributed by atoms with E-state index in [4.69, 9.17) is 16.2 Å². The molecule has 1 atom stereocenters. The fourth-order valence-corrected chi connectivity index (χ4v) is 2.05. The second-order valence-corrected chi connectivity index (χ2v) is 5.14. The number of rotatable bonds is 7. The van der Waals surface area contributed by atoms with Crippen LogP contribution in [0.25, 0.3) is 0 Å². The van der Waals surface area contributed by atoms with E-state index in [1.165, 1.54) is 19.2 Å². The third-order valence-electron chi connectivity index (χ3n) is 2.71. The largest absolute Gasteiger partial charge is 0.495 e. The molecule has 1 aromatic rings. The van der Waals surface area contributed by atoms with Gasteiger partial charge in [0.25, 0.3) is 0 Å². The average Bonchev–Trinajstić information content (AvgIpc) is 2.44. The smallest absolute Gasteiger partial charge is 0.248 e. The Kier molecular flexibility index (Phi) is 6.33. The molecular formula is C13H19N3O3S. The molecule has 6 nitrogen and oxygen atoms in total. The van der Waals surface area contributed by atoms with Crippen molar-refractivity contribution in [3.63, 3.8) is 0 Å². The summed E-state index contributed by atoms with van der Waals surface area (Å²) < 4.78 is 5.13. The zero-order chi connectivity index (χ0) is 15.1. The summed E-state index contributed by atoms with van der Waals surface area (Å²) in [7, 11) is 1.47. The van der Waals surface area contributed by atoms with Gasteiger partial charge in [0.1, 0.15) is 5.75 Å². The lowest BCUT2D eigenvalue weighted by Gasteiger charge is -2.14. The molecule has 2 amide bonds. The maximum Gasteiger partial charge on any atom is 0.248 e. The molecule has 0 aliphatic rings. The van der Waals surface area contributed by atoms with E-state index in [0.717, 1.165) is 5.75 Å². The number of anilines is 1. The quantitative estimate of drug-likeness (QED) is 0.690. The predicted octanol–water partition coefficient (Wildman–Crippen LogP) is 0.813. The molecule has 0 saturated carbocycles. The fraction of sp³-hybridized carbons (Fsp3) is 0.385. The van der Waals surface area contributed by atoms with Crippen molar-refractivity contribution in [3.8, 4) is 5.75 Å². The van der Waals surface area contributed by atoms with Gasteiger partial charge in [0.15, 0.2) is 0 Å². The van der Waals surface area contributed by atoms with Crippen molar-refractivity contribution in [2.45, 2.75) is 12.5 Å². The summed E-state index contributed by atoms with van der Waals surface area (Å²) in [6, 6.07) is 3.97. The summed E-state index contributed by atoms with van der Waals surface area (Å²) in [6.07, 6.45) is 2.52. The molecule has 0 fully saturated rings. The monoisotopic (exact) mass is 297 g/mol. The molecule has 7 heteroatoms. The summed E-state index contributed by atoms with van der Waals surface area (Å²) in [5.41, 5.74) is 11.7. The van der Waals surface area contributed by atoms with Gasteiger partial charge in [-0.15, -0.1) is 0 Å². The lowest BCUT2D eigenvalue weighted by atomic mass is 10.1. The highest BCUT2D eigenvalue weighted by molar-refractivity contribution is 7.98. The molecule has 110 valence electrons. The van der Waals surface area contributed by atoms with Crippen LogP contribution < -0.4 is 21.5 Å². The highest BCUT2D eigenvalue weighted by Crippen LogP contribution is 2.25. The number of methoxy groups -OCH3 is 1. The third-order valence-corrected chi connectivity index (χ3v) is 3.36. The Morgan fingerprint density at radius 3 is 2.70 bits per heavy atom. The number of hydrogen-bond acceptors (Lipinski definition) is 5. The van der Waals surface area contributed by atoms with Gasteiger partial charge in [0.05, 0.1) is 18.8 Å². The van der Waals surface area contributed by atoms with Gasteiger partial charge >= 0.3 is 0 Å². The molecule has 0 radical (unpaired) electrons. The van der Waals surface area contributed by atoms with Crippen LogP contribution in [-0.4, -0.2) is 37.0 Å². The summed E-state index contributed by atoms with van der Waals surface area (Å²) in [6.45, 7) is 0. The van der Waals surface area contributed by atoms with Crippen LogP contribution in [0, 0.1) is 0 Å². The molecule has 5 N–H and O–H groups in total. The molecule has 0 unspecified atom stereocenters. The van der Waals surface area contributed by atoms with Crippen LogP contribution >= 0.6 is 11.8 Å². The topological polar surface area (TPSA) is 107 Å². The van der Waals surface area contributed by atoms with Crippen LogP contribution in [0.3, 0.4) is 0 Å². The highest BCUT2D eigenvalue weighted by Gasteiger charge is 2.16. The number of nitrogens with two attached hydrogens (primary N) is 2. The standard InChI is InChI=1S/C13H19N3O3S/c1-19-11-4-3-8(12(15)17)7-10(11)16-13(18)9(14)5-6-20-2/h3-4,7,9H,5-6,14H2,1-2H3,(H2,15,17)(H,16,18)/t9-/m1/s1. The molecule has 0 aliphatic carbocycles. The van der Waals surface area contributed by atoms with Gasteiger partial charge in [-0.2, -0.15) is 11.8 Å². The Bertz CT molecular complexity index is 494. The van der Waals surface area contributed by atoms with E-state index in [-0.39, 0.29) is 5.91 Å². The van der Waals surface area contributed by atoms with Crippen molar-refractivity contribution in [1.29, 1.82) is 0 Å². The van der Waals surface area contributed by atoms with Crippen LogP contribution in [0.4, 0.5) is 5.69 Å². The first-order chi connectivity index (χ1) is 9.49. The van der Waals surface area contributed by atoms with Gasteiger partial charge in [0.2, 0.25) is 11.8 Å². The van der Waals surface area contributed by atoms with Gasteiger partial charge in [-0.3, -0.25) is 9.59 Å². The van der Waals surface area contributed by atoms with Gasteiger partial charge in [-0.25, -0.2) is 0 Å². The zero-order valence-electron chi connectivity index (χ0n) is 11.5. The van der Waals surface area contributed by atoms with Crippen LogP contribution in [0.2, 0.25) is 0 Å². The van der Waals surface area contributed by atoms with Crippen LogP contribution in [-0.2, 0) is 4.79 Å². The molecule has 0 heterocycles. The van der Waals surface area contributed by atoms with Crippen molar-refractivity contribution < 1.29 is 14.3 Å². The Balaban J connectivity index is 2.86. The minimum atomic E-state index is -0.607. The van der Waals surface area contributed by atoms with Crippen LogP contribution in [0.5, 0.6) is 5.75 Å². The molecule has 0 bridgehead atoms. The summed E-state index contributed by atoms with van der Waals surface area (Å²) in [5, 5.41) is 2.66. The van der Waals surface area contributed by atoms with Gasteiger partial charge in [-0.05, 0) is 36.6 Å². The fourth-order valence-electron chi connectivity index (χ4n) is 1.56. The lowest BCUT2D eigenvalue weighted by molar-refractivity contribution is -0.117. The Morgan fingerprint density at radius 1 is 1.45 bits per heavy atom. The number of amides is 2. The van der Waals surface area contributed by atoms with Gasteiger partial charge in [0, 0.05) is 5.56 Å². The molecule has 0 saturated heterocycles. The van der Waals surface area contributed by atoms with Crippen LogP contribution in [0.15, 0.2) is 18.2 Å². The second kappa shape index (κ2) is 7.76. The van der Waals surface area contributed by atoms with E-state index >= 15 is 0 Å². The molecule has 1 aromatic carbocycles.